The Morgan fingerprint density at radius 2 is 2.12 bits per heavy atom. The molecule has 1 aliphatic heterocycles. The fourth-order valence-corrected chi connectivity index (χ4v) is 3.14. The Labute approximate surface area is 147 Å². The first kappa shape index (κ1) is 17.4. The van der Waals surface area contributed by atoms with Gasteiger partial charge < -0.3 is 9.64 Å². The molecule has 2 heterocycles. The quantitative estimate of drug-likeness (QED) is 0.836. The predicted molar refractivity (Wildman–Crippen MR) is 93.9 cm³/mol. The first-order chi connectivity index (χ1) is 12.1. The second-order valence-corrected chi connectivity index (χ2v) is 6.60. The summed E-state index contributed by atoms with van der Waals surface area (Å²) in [6, 6.07) is 9.90. The van der Waals surface area contributed by atoms with Crippen molar-refractivity contribution in [3.8, 4) is 5.75 Å². The number of pyridine rings is 1. The van der Waals surface area contributed by atoms with Crippen molar-refractivity contribution in [2.75, 3.05) is 19.7 Å². The smallest absolute Gasteiger partial charge is 0.227 e. The molecule has 0 saturated carbocycles. The standard InChI is InChI=1S/C20H23FN2O2/c1-15-11-19(8-9-22-15)25-14-17-3-2-10-23(13-17)20(24)12-16-4-6-18(21)7-5-16/h4-9,11,17H,2-3,10,12-14H2,1H3. The van der Waals surface area contributed by atoms with Gasteiger partial charge in [0.05, 0.1) is 13.0 Å². The maximum atomic E-state index is 13.0. The first-order valence-corrected chi connectivity index (χ1v) is 8.68. The van der Waals surface area contributed by atoms with E-state index in [1.54, 1.807) is 18.3 Å². The van der Waals surface area contributed by atoms with E-state index in [2.05, 4.69) is 4.98 Å². The molecular weight excluding hydrogens is 319 g/mol. The highest BCUT2D eigenvalue weighted by Crippen LogP contribution is 2.20. The van der Waals surface area contributed by atoms with Gasteiger partial charge in [0, 0.05) is 37.0 Å². The van der Waals surface area contributed by atoms with Crippen molar-refractivity contribution < 1.29 is 13.9 Å². The second-order valence-electron chi connectivity index (χ2n) is 6.60. The molecule has 3 rings (SSSR count). The average Bonchev–Trinajstić information content (AvgIpc) is 2.62. The van der Waals surface area contributed by atoms with Crippen LogP contribution in [-0.4, -0.2) is 35.5 Å². The second kappa shape index (κ2) is 8.10. The van der Waals surface area contributed by atoms with Crippen LogP contribution >= 0.6 is 0 Å². The fraction of sp³-hybridized carbons (Fsp3) is 0.400. The summed E-state index contributed by atoms with van der Waals surface area (Å²) in [5.74, 6) is 0.968. The van der Waals surface area contributed by atoms with E-state index in [-0.39, 0.29) is 11.7 Å². The highest BCUT2D eigenvalue weighted by Gasteiger charge is 2.24. The number of ether oxygens (including phenoxy) is 1. The average molecular weight is 342 g/mol. The van der Waals surface area contributed by atoms with Crippen LogP contribution in [0, 0.1) is 18.7 Å². The molecule has 4 nitrogen and oxygen atoms in total. The van der Waals surface area contributed by atoms with Crippen LogP contribution < -0.4 is 4.74 Å². The van der Waals surface area contributed by atoms with E-state index in [4.69, 9.17) is 4.74 Å². The number of carbonyl (C=O) groups excluding carboxylic acids is 1. The van der Waals surface area contributed by atoms with Gasteiger partial charge in [0.15, 0.2) is 0 Å². The monoisotopic (exact) mass is 342 g/mol. The van der Waals surface area contributed by atoms with Gasteiger partial charge in [-0.2, -0.15) is 0 Å². The van der Waals surface area contributed by atoms with Gasteiger partial charge in [-0.3, -0.25) is 9.78 Å². The number of aryl methyl sites for hydroxylation is 1. The lowest BCUT2D eigenvalue weighted by atomic mass is 9.98. The van der Waals surface area contributed by atoms with Gasteiger partial charge in [0.2, 0.25) is 5.91 Å². The van der Waals surface area contributed by atoms with Crippen molar-refractivity contribution in [3.05, 3.63) is 59.7 Å². The van der Waals surface area contributed by atoms with Crippen LogP contribution in [0.25, 0.3) is 0 Å². The molecule has 1 saturated heterocycles. The van der Waals surface area contributed by atoms with Crippen LogP contribution in [0.15, 0.2) is 42.6 Å². The first-order valence-electron chi connectivity index (χ1n) is 8.68. The van der Waals surface area contributed by atoms with Gasteiger partial charge in [0.1, 0.15) is 11.6 Å². The summed E-state index contributed by atoms with van der Waals surface area (Å²) >= 11 is 0. The highest BCUT2D eigenvalue weighted by atomic mass is 19.1. The van der Waals surface area contributed by atoms with E-state index in [9.17, 15) is 9.18 Å². The molecule has 1 aliphatic rings. The highest BCUT2D eigenvalue weighted by molar-refractivity contribution is 5.78. The number of benzene rings is 1. The van der Waals surface area contributed by atoms with Gasteiger partial charge in [-0.05, 0) is 43.5 Å². The number of carbonyl (C=O) groups is 1. The molecule has 0 bridgehead atoms. The van der Waals surface area contributed by atoms with Gasteiger partial charge in [-0.25, -0.2) is 4.39 Å². The molecule has 0 spiro atoms. The molecule has 0 radical (unpaired) electrons. The number of aromatic nitrogens is 1. The number of halogens is 1. The molecule has 132 valence electrons. The Balaban J connectivity index is 1.51. The number of amides is 1. The van der Waals surface area contributed by atoms with E-state index in [1.807, 2.05) is 24.0 Å². The number of rotatable bonds is 5. The van der Waals surface area contributed by atoms with E-state index in [0.29, 0.717) is 25.5 Å². The molecule has 1 amide bonds. The zero-order chi connectivity index (χ0) is 17.6. The summed E-state index contributed by atoms with van der Waals surface area (Å²) in [6.45, 7) is 4.03. The van der Waals surface area contributed by atoms with E-state index in [1.165, 1.54) is 12.1 Å². The Kier molecular flexibility index (Phi) is 5.64. The number of hydrogen-bond acceptors (Lipinski definition) is 3. The van der Waals surface area contributed by atoms with Crippen molar-refractivity contribution in [1.29, 1.82) is 0 Å². The lowest BCUT2D eigenvalue weighted by Gasteiger charge is -2.32. The summed E-state index contributed by atoms with van der Waals surface area (Å²) in [7, 11) is 0. The number of nitrogens with zero attached hydrogens (tertiary/aromatic N) is 2. The molecular formula is C20H23FN2O2. The minimum atomic E-state index is -0.280. The Bertz CT molecular complexity index is 718. The summed E-state index contributed by atoms with van der Waals surface area (Å²) in [4.78, 5) is 18.6. The van der Waals surface area contributed by atoms with Gasteiger partial charge in [-0.1, -0.05) is 12.1 Å². The van der Waals surface area contributed by atoms with Gasteiger partial charge in [0.25, 0.3) is 0 Å². The molecule has 1 atom stereocenters. The van der Waals surface area contributed by atoms with Crippen LogP contribution in [0.5, 0.6) is 5.75 Å². The van der Waals surface area contributed by atoms with Crippen molar-refractivity contribution in [2.45, 2.75) is 26.2 Å². The third-order valence-electron chi connectivity index (χ3n) is 4.49. The van der Waals surface area contributed by atoms with Crippen LogP contribution in [0.3, 0.4) is 0 Å². The van der Waals surface area contributed by atoms with Gasteiger partial charge in [-0.15, -0.1) is 0 Å². The number of piperidine rings is 1. The topological polar surface area (TPSA) is 42.4 Å². The van der Waals surface area contributed by atoms with Crippen LogP contribution in [-0.2, 0) is 11.2 Å². The predicted octanol–water partition coefficient (Wildman–Crippen LogP) is 3.39. The summed E-state index contributed by atoms with van der Waals surface area (Å²) < 4.78 is 18.8. The van der Waals surface area contributed by atoms with E-state index in [0.717, 1.165) is 36.4 Å². The lowest BCUT2D eigenvalue weighted by Crippen LogP contribution is -2.42. The molecule has 1 unspecified atom stereocenters. The largest absolute Gasteiger partial charge is 0.493 e. The SMILES string of the molecule is Cc1cc(OCC2CCCN(C(=O)Cc3ccc(F)cc3)C2)ccn1. The third-order valence-corrected chi connectivity index (χ3v) is 4.49. The van der Waals surface area contributed by atoms with E-state index >= 15 is 0 Å². The zero-order valence-electron chi connectivity index (χ0n) is 14.5. The zero-order valence-corrected chi connectivity index (χ0v) is 14.5. The third kappa shape index (κ3) is 5.02. The van der Waals surface area contributed by atoms with Crippen molar-refractivity contribution in [2.24, 2.45) is 5.92 Å². The summed E-state index contributed by atoms with van der Waals surface area (Å²) in [6.07, 6.45) is 4.10. The van der Waals surface area contributed by atoms with Crippen LogP contribution in [0.1, 0.15) is 24.1 Å². The molecule has 1 aromatic heterocycles. The van der Waals surface area contributed by atoms with Crippen LogP contribution in [0.4, 0.5) is 4.39 Å². The molecule has 0 N–H and O–H groups in total. The lowest BCUT2D eigenvalue weighted by molar-refractivity contribution is -0.132. The molecule has 2 aromatic rings. The van der Waals surface area contributed by atoms with Gasteiger partial charge >= 0.3 is 0 Å². The van der Waals surface area contributed by atoms with Crippen molar-refractivity contribution in [3.63, 3.8) is 0 Å². The number of hydrogen-bond donors (Lipinski definition) is 0. The van der Waals surface area contributed by atoms with Crippen LogP contribution in [0.2, 0.25) is 0 Å². The minimum absolute atomic E-state index is 0.0936. The van der Waals surface area contributed by atoms with Crippen molar-refractivity contribution >= 4 is 5.91 Å². The van der Waals surface area contributed by atoms with Crippen molar-refractivity contribution in [1.82, 2.24) is 9.88 Å². The molecule has 25 heavy (non-hydrogen) atoms. The molecule has 1 aromatic carbocycles. The minimum Gasteiger partial charge on any atom is -0.493 e. The molecule has 5 heteroatoms. The Morgan fingerprint density at radius 1 is 1.32 bits per heavy atom. The summed E-state index contributed by atoms with van der Waals surface area (Å²) in [5, 5.41) is 0. The normalized spacial score (nSPS) is 17.4. The maximum absolute atomic E-state index is 13.0. The molecule has 0 aliphatic carbocycles. The van der Waals surface area contributed by atoms with E-state index < -0.39 is 0 Å². The maximum Gasteiger partial charge on any atom is 0.227 e. The fourth-order valence-electron chi connectivity index (χ4n) is 3.14. The molecule has 1 fully saturated rings. The Morgan fingerprint density at radius 3 is 2.88 bits per heavy atom. The summed E-state index contributed by atoms with van der Waals surface area (Å²) in [5.41, 5.74) is 1.77. The number of likely N-dealkylation sites (tertiary alicyclic amines) is 1. The Hall–Kier alpha value is -2.43.